The quantitative estimate of drug-likeness (QED) is 0.244. The van der Waals surface area contributed by atoms with Gasteiger partial charge in [-0.05, 0) is 43.4 Å². The smallest absolute Gasteiger partial charge is 0.347 e. The molecule has 1 aliphatic rings. The van der Waals surface area contributed by atoms with E-state index in [0.29, 0.717) is 16.6 Å². The third kappa shape index (κ3) is 8.41. The fourth-order valence-corrected chi connectivity index (χ4v) is 4.85. The summed E-state index contributed by atoms with van der Waals surface area (Å²) in [5.74, 6) is -5.21. The van der Waals surface area contributed by atoms with Crippen LogP contribution in [0.4, 0.5) is 35.1 Å². The number of ether oxygens (including phenoxy) is 1. The molecular formula is C26H29F8N7O3. The first kappa shape index (κ1) is 33.1. The monoisotopic (exact) mass is 639 g/mol. The number of nitrogens with zero attached hydrogens (tertiary/aromatic N) is 4. The molecule has 3 aromatic rings. The van der Waals surface area contributed by atoms with Gasteiger partial charge in [-0.3, -0.25) is 14.3 Å². The summed E-state index contributed by atoms with van der Waals surface area (Å²) in [4.78, 5) is 33.4. The molecule has 0 bridgehead atoms. The summed E-state index contributed by atoms with van der Waals surface area (Å²) in [5.41, 5.74) is 1.04. The van der Waals surface area contributed by atoms with Crippen molar-refractivity contribution in [1.82, 2.24) is 35.6 Å². The average molecular weight is 640 g/mol. The second-order valence-corrected chi connectivity index (χ2v) is 10.5. The Labute approximate surface area is 244 Å². The van der Waals surface area contributed by atoms with E-state index < -0.39 is 87.1 Å². The summed E-state index contributed by atoms with van der Waals surface area (Å²) in [7, 11) is 0. The van der Waals surface area contributed by atoms with Crippen LogP contribution in [-0.4, -0.2) is 74.7 Å². The predicted octanol–water partition coefficient (Wildman–Crippen LogP) is 4.81. The molecule has 1 aliphatic carbocycles. The lowest BCUT2D eigenvalue weighted by molar-refractivity contribution is -0.325. The lowest BCUT2D eigenvalue weighted by Gasteiger charge is -2.33. The summed E-state index contributed by atoms with van der Waals surface area (Å²) in [6, 6.07) is 2.96. The average Bonchev–Trinajstić information content (AvgIpc) is 3.61. The fourth-order valence-electron chi connectivity index (χ4n) is 4.85. The number of fused-ring (bicyclic) bond motifs is 1. The molecule has 2 amide bonds. The molecule has 4 rings (SSSR count). The number of nitrogens with one attached hydrogen (secondary N) is 3. The molecule has 1 aromatic carbocycles. The molecule has 1 fully saturated rings. The maximum atomic E-state index is 13.9. The number of H-pyrrole nitrogens is 1. The highest BCUT2D eigenvalue weighted by Crippen LogP contribution is 2.41. The standard InChI is InChI=1S/C26H29F8N7O3/c1-13(36-24(43)20(29)16(28)11-27)15-2-3-17-18(10-15)38-22(37-17)21(14-4-6-25(30,31)7-5-14)39-23(42)19-12-35-41(40-19)8-9-44-26(32,33)34/h2-3,10,12-14,16,20-21H,4-9,11H2,1H3,(H,36,43)(H,37,38)(H,39,42)/t13-,16?,20?,21+/m1/s1. The second kappa shape index (κ2) is 13.4. The maximum Gasteiger partial charge on any atom is 0.522 e. The van der Waals surface area contributed by atoms with E-state index in [4.69, 9.17) is 0 Å². The number of hydrogen-bond acceptors (Lipinski definition) is 6. The first-order chi connectivity index (χ1) is 20.7. The summed E-state index contributed by atoms with van der Waals surface area (Å²) in [6.45, 7) is -1.34. The molecule has 2 heterocycles. The Morgan fingerprint density at radius 3 is 2.55 bits per heavy atom. The fraction of sp³-hybridized carbons (Fsp3) is 0.577. The van der Waals surface area contributed by atoms with Crippen LogP contribution in [0.2, 0.25) is 0 Å². The molecule has 0 aliphatic heterocycles. The molecule has 0 radical (unpaired) electrons. The summed E-state index contributed by atoms with van der Waals surface area (Å²) >= 11 is 0. The third-order valence-electron chi connectivity index (χ3n) is 7.24. The molecule has 0 saturated heterocycles. The number of carbonyl (C=O) groups excluding carboxylic acids is 2. The number of imidazole rings is 1. The summed E-state index contributed by atoms with van der Waals surface area (Å²) in [6.07, 6.45) is -9.84. The van der Waals surface area contributed by atoms with Gasteiger partial charge in [0.05, 0.1) is 42.5 Å². The minimum Gasteiger partial charge on any atom is -0.347 e. The SMILES string of the molecule is C[C@@H](NC(=O)C(F)C(F)CF)c1ccc2nc([C@@H](NC(=O)c3cnn(CCOC(F)(F)F)n3)C3CCC(F)(F)CC3)[nH]c2c1. The molecule has 18 heteroatoms. The van der Waals surface area contributed by atoms with Gasteiger partial charge in [0.15, 0.2) is 11.9 Å². The molecule has 4 atom stereocenters. The molecule has 10 nitrogen and oxygen atoms in total. The number of aromatic amines is 1. The molecular weight excluding hydrogens is 610 g/mol. The highest BCUT2D eigenvalue weighted by Gasteiger charge is 2.40. The van der Waals surface area contributed by atoms with E-state index in [9.17, 15) is 44.7 Å². The van der Waals surface area contributed by atoms with Gasteiger partial charge in [0, 0.05) is 12.8 Å². The predicted molar refractivity (Wildman–Crippen MR) is 138 cm³/mol. The Bertz CT molecular complexity index is 1440. The van der Waals surface area contributed by atoms with Crippen molar-refractivity contribution >= 4 is 22.8 Å². The van der Waals surface area contributed by atoms with Gasteiger partial charge >= 0.3 is 6.36 Å². The highest BCUT2D eigenvalue weighted by molar-refractivity contribution is 5.92. The van der Waals surface area contributed by atoms with Crippen molar-refractivity contribution in [2.75, 3.05) is 13.3 Å². The van der Waals surface area contributed by atoms with Gasteiger partial charge in [-0.25, -0.2) is 26.9 Å². The minimum atomic E-state index is -4.84. The Kier molecular flexibility index (Phi) is 10.1. The van der Waals surface area contributed by atoms with Crippen LogP contribution in [-0.2, 0) is 16.1 Å². The Morgan fingerprint density at radius 1 is 1.18 bits per heavy atom. The first-order valence-electron chi connectivity index (χ1n) is 13.6. The number of halogens is 8. The summed E-state index contributed by atoms with van der Waals surface area (Å²) in [5, 5.41) is 12.6. The van der Waals surface area contributed by atoms with Crippen molar-refractivity contribution in [3.63, 3.8) is 0 Å². The van der Waals surface area contributed by atoms with E-state index in [2.05, 4.69) is 35.5 Å². The maximum absolute atomic E-state index is 13.9. The molecule has 2 aromatic heterocycles. The normalized spacial score (nSPS) is 18.5. The van der Waals surface area contributed by atoms with E-state index in [1.165, 1.54) is 6.92 Å². The number of benzene rings is 1. The number of hydrogen-bond donors (Lipinski definition) is 3. The van der Waals surface area contributed by atoms with Crippen LogP contribution in [0.3, 0.4) is 0 Å². The third-order valence-corrected chi connectivity index (χ3v) is 7.24. The van der Waals surface area contributed by atoms with Crippen LogP contribution in [0, 0.1) is 5.92 Å². The summed E-state index contributed by atoms with van der Waals surface area (Å²) < 4.78 is 108. The molecule has 3 N–H and O–H groups in total. The van der Waals surface area contributed by atoms with Gasteiger partial charge in [0.25, 0.3) is 11.8 Å². The van der Waals surface area contributed by atoms with E-state index in [1.54, 1.807) is 18.2 Å². The van der Waals surface area contributed by atoms with Gasteiger partial charge in [-0.2, -0.15) is 9.90 Å². The number of rotatable bonds is 12. The zero-order chi connectivity index (χ0) is 32.2. The largest absolute Gasteiger partial charge is 0.522 e. The van der Waals surface area contributed by atoms with Crippen LogP contribution < -0.4 is 10.6 Å². The lowest BCUT2D eigenvalue weighted by atomic mass is 9.81. The second-order valence-electron chi connectivity index (χ2n) is 10.5. The zero-order valence-corrected chi connectivity index (χ0v) is 23.2. The highest BCUT2D eigenvalue weighted by atomic mass is 19.4. The van der Waals surface area contributed by atoms with E-state index >= 15 is 0 Å². The number of aromatic nitrogens is 5. The van der Waals surface area contributed by atoms with Crippen molar-refractivity contribution < 1.29 is 49.4 Å². The number of alkyl halides is 8. The minimum absolute atomic E-state index is 0.0453. The van der Waals surface area contributed by atoms with Crippen molar-refractivity contribution in [2.45, 2.75) is 75.9 Å². The van der Waals surface area contributed by atoms with Crippen molar-refractivity contribution in [3.8, 4) is 0 Å². The number of amides is 2. The van der Waals surface area contributed by atoms with Gasteiger partial charge in [0.1, 0.15) is 12.5 Å². The van der Waals surface area contributed by atoms with Crippen LogP contribution in [0.25, 0.3) is 11.0 Å². The van der Waals surface area contributed by atoms with Crippen LogP contribution in [0.1, 0.15) is 66.6 Å². The lowest BCUT2D eigenvalue weighted by Crippen LogP contribution is -2.39. The molecule has 242 valence electrons. The van der Waals surface area contributed by atoms with Gasteiger partial charge < -0.3 is 15.6 Å². The molecule has 2 unspecified atom stereocenters. The van der Waals surface area contributed by atoms with Crippen molar-refractivity contribution in [2.24, 2.45) is 5.92 Å². The van der Waals surface area contributed by atoms with Gasteiger partial charge in [0.2, 0.25) is 12.1 Å². The Hall–Kier alpha value is -3.83. The van der Waals surface area contributed by atoms with E-state index in [0.717, 1.165) is 11.0 Å². The number of carbonyl (C=O) groups is 2. The molecule has 44 heavy (non-hydrogen) atoms. The topological polar surface area (TPSA) is 127 Å². The first-order valence-corrected chi connectivity index (χ1v) is 13.6. The van der Waals surface area contributed by atoms with E-state index in [1.807, 2.05) is 0 Å². The van der Waals surface area contributed by atoms with Crippen LogP contribution in [0.5, 0.6) is 0 Å². The molecule has 1 saturated carbocycles. The molecule has 0 spiro atoms. The van der Waals surface area contributed by atoms with Crippen LogP contribution in [0.15, 0.2) is 24.4 Å². The Morgan fingerprint density at radius 2 is 1.89 bits per heavy atom. The van der Waals surface area contributed by atoms with Gasteiger partial charge in [-0.1, -0.05) is 6.07 Å². The van der Waals surface area contributed by atoms with Gasteiger partial charge in [-0.15, -0.1) is 18.3 Å². The zero-order valence-electron chi connectivity index (χ0n) is 23.2. The van der Waals surface area contributed by atoms with E-state index in [-0.39, 0.29) is 24.4 Å². The Balaban J connectivity index is 1.53. The van der Waals surface area contributed by atoms with Crippen LogP contribution >= 0.6 is 0 Å². The van der Waals surface area contributed by atoms with Crippen molar-refractivity contribution in [1.29, 1.82) is 0 Å². The van der Waals surface area contributed by atoms with Crippen molar-refractivity contribution in [3.05, 3.63) is 41.5 Å².